The second-order valence-electron chi connectivity index (χ2n) is 5.17. The molecule has 124 valence electrons. The average Bonchev–Trinajstić information content (AvgIpc) is 2.52. The number of rotatable bonds is 7. The number of nitrogens with zero attached hydrogens (tertiary/aromatic N) is 2. The van der Waals surface area contributed by atoms with E-state index in [0.29, 0.717) is 17.5 Å². The number of aryl methyl sites for hydroxylation is 1. The van der Waals surface area contributed by atoms with Crippen molar-refractivity contribution in [2.24, 2.45) is 0 Å². The Bertz CT molecular complexity index is 677. The van der Waals surface area contributed by atoms with Crippen LogP contribution in [-0.2, 0) is 0 Å². The van der Waals surface area contributed by atoms with Crippen LogP contribution in [0.5, 0.6) is 0 Å². The summed E-state index contributed by atoms with van der Waals surface area (Å²) in [6.07, 6.45) is 3.25. The molecule has 0 atom stereocenters. The van der Waals surface area contributed by atoms with E-state index in [0.717, 1.165) is 37.9 Å². The van der Waals surface area contributed by atoms with E-state index < -0.39 is 17.5 Å². The maximum Gasteiger partial charge on any atom is 0.196 e. The van der Waals surface area contributed by atoms with Gasteiger partial charge in [0.25, 0.3) is 0 Å². The summed E-state index contributed by atoms with van der Waals surface area (Å²) >= 11 is 0. The number of nitrogens with one attached hydrogen (secondary N) is 2. The van der Waals surface area contributed by atoms with E-state index in [9.17, 15) is 13.2 Å². The number of hydrogen-bond donors (Lipinski definition) is 2. The molecule has 0 aliphatic rings. The molecule has 1 aromatic heterocycles. The summed E-state index contributed by atoms with van der Waals surface area (Å²) in [5, 5.41) is 5.81. The highest BCUT2D eigenvalue weighted by Gasteiger charge is 2.14. The van der Waals surface area contributed by atoms with Crippen LogP contribution in [0.4, 0.5) is 30.5 Å². The fraction of sp³-hybridized carbons (Fsp3) is 0.375. The van der Waals surface area contributed by atoms with Crippen molar-refractivity contribution in [3.63, 3.8) is 0 Å². The lowest BCUT2D eigenvalue weighted by molar-refractivity contribution is 0.449. The Kier molecular flexibility index (Phi) is 5.78. The van der Waals surface area contributed by atoms with Gasteiger partial charge in [-0.1, -0.05) is 19.8 Å². The van der Waals surface area contributed by atoms with Gasteiger partial charge in [-0.15, -0.1) is 0 Å². The average molecular weight is 324 g/mol. The Morgan fingerprint density at radius 1 is 1.00 bits per heavy atom. The predicted octanol–water partition coefficient (Wildman–Crippen LogP) is 4.55. The van der Waals surface area contributed by atoms with E-state index in [4.69, 9.17) is 0 Å². The molecule has 0 amide bonds. The number of halogens is 3. The molecule has 0 spiro atoms. The van der Waals surface area contributed by atoms with Gasteiger partial charge in [0.05, 0.1) is 5.69 Å². The maximum absolute atomic E-state index is 13.7. The normalized spacial score (nSPS) is 10.7. The molecule has 0 bridgehead atoms. The highest BCUT2D eigenvalue weighted by atomic mass is 19.2. The summed E-state index contributed by atoms with van der Waals surface area (Å²) in [7, 11) is 0. The predicted molar refractivity (Wildman–Crippen MR) is 84.4 cm³/mol. The standard InChI is InChI=1S/C16H19F3N4/c1-3-4-5-8-20-13-9-14(22-10(2)21-13)23-12-7-6-11(17)15(18)16(12)19/h6-7,9H,3-5,8H2,1-2H3,(H2,20,21,22,23). The Morgan fingerprint density at radius 3 is 2.48 bits per heavy atom. The van der Waals surface area contributed by atoms with E-state index in [2.05, 4.69) is 27.5 Å². The maximum atomic E-state index is 13.7. The molecule has 23 heavy (non-hydrogen) atoms. The van der Waals surface area contributed by atoms with Gasteiger partial charge in [0.1, 0.15) is 17.5 Å². The van der Waals surface area contributed by atoms with Gasteiger partial charge in [0.2, 0.25) is 0 Å². The first-order chi connectivity index (χ1) is 11.0. The molecule has 0 unspecified atom stereocenters. The zero-order valence-electron chi connectivity index (χ0n) is 13.1. The first kappa shape index (κ1) is 17.1. The lowest BCUT2D eigenvalue weighted by Gasteiger charge is -2.11. The summed E-state index contributed by atoms with van der Waals surface area (Å²) in [6, 6.07) is 3.58. The van der Waals surface area contributed by atoms with Gasteiger partial charge in [-0.3, -0.25) is 0 Å². The van der Waals surface area contributed by atoms with Crippen molar-refractivity contribution in [2.45, 2.75) is 33.1 Å². The summed E-state index contributed by atoms with van der Waals surface area (Å²) in [6.45, 7) is 4.58. The minimum Gasteiger partial charge on any atom is -0.370 e. The first-order valence-corrected chi connectivity index (χ1v) is 7.51. The molecule has 1 aromatic carbocycles. The van der Waals surface area contributed by atoms with Gasteiger partial charge in [-0.05, 0) is 25.5 Å². The van der Waals surface area contributed by atoms with Crippen LogP contribution in [0.2, 0.25) is 0 Å². The molecule has 0 radical (unpaired) electrons. The highest BCUT2D eigenvalue weighted by Crippen LogP contribution is 2.23. The van der Waals surface area contributed by atoms with Crippen LogP contribution in [0.3, 0.4) is 0 Å². The van der Waals surface area contributed by atoms with Crippen molar-refractivity contribution >= 4 is 17.3 Å². The van der Waals surface area contributed by atoms with E-state index in [1.165, 1.54) is 0 Å². The van der Waals surface area contributed by atoms with E-state index in [1.807, 2.05) is 0 Å². The van der Waals surface area contributed by atoms with Crippen molar-refractivity contribution in [3.05, 3.63) is 41.5 Å². The third-order valence-electron chi connectivity index (χ3n) is 3.22. The van der Waals surface area contributed by atoms with Crippen molar-refractivity contribution in [2.75, 3.05) is 17.2 Å². The quantitative estimate of drug-likeness (QED) is 0.579. The van der Waals surface area contributed by atoms with Gasteiger partial charge >= 0.3 is 0 Å². The van der Waals surface area contributed by atoms with Gasteiger partial charge in [0.15, 0.2) is 17.5 Å². The Labute approximate surface area is 133 Å². The molecule has 4 nitrogen and oxygen atoms in total. The zero-order valence-corrected chi connectivity index (χ0v) is 13.1. The van der Waals surface area contributed by atoms with Gasteiger partial charge < -0.3 is 10.6 Å². The largest absolute Gasteiger partial charge is 0.370 e. The minimum atomic E-state index is -1.52. The molecule has 1 heterocycles. The minimum absolute atomic E-state index is 0.182. The molecular weight excluding hydrogens is 305 g/mol. The Balaban J connectivity index is 2.14. The molecule has 2 N–H and O–H groups in total. The molecule has 7 heteroatoms. The second-order valence-corrected chi connectivity index (χ2v) is 5.17. The number of hydrogen-bond acceptors (Lipinski definition) is 4. The van der Waals surface area contributed by atoms with Crippen LogP contribution in [0.15, 0.2) is 18.2 Å². The topological polar surface area (TPSA) is 49.8 Å². The van der Waals surface area contributed by atoms with E-state index >= 15 is 0 Å². The van der Waals surface area contributed by atoms with E-state index in [-0.39, 0.29) is 5.69 Å². The van der Waals surface area contributed by atoms with Crippen LogP contribution >= 0.6 is 0 Å². The van der Waals surface area contributed by atoms with Crippen LogP contribution in [0, 0.1) is 24.4 Å². The third kappa shape index (κ3) is 4.58. The molecule has 0 aliphatic heterocycles. The van der Waals surface area contributed by atoms with Crippen LogP contribution in [0.25, 0.3) is 0 Å². The van der Waals surface area contributed by atoms with Crippen molar-refractivity contribution in [1.82, 2.24) is 9.97 Å². The molecule has 0 saturated carbocycles. The Morgan fingerprint density at radius 2 is 1.74 bits per heavy atom. The lowest BCUT2D eigenvalue weighted by atomic mass is 10.2. The van der Waals surface area contributed by atoms with Crippen LogP contribution in [0.1, 0.15) is 32.0 Å². The summed E-state index contributed by atoms with van der Waals surface area (Å²) in [5.74, 6) is -2.64. The fourth-order valence-corrected chi connectivity index (χ4v) is 2.07. The summed E-state index contributed by atoms with van der Waals surface area (Å²) in [5.41, 5.74) is -0.182. The van der Waals surface area contributed by atoms with E-state index in [1.54, 1.807) is 13.0 Å². The van der Waals surface area contributed by atoms with Crippen LogP contribution < -0.4 is 10.6 Å². The summed E-state index contributed by atoms with van der Waals surface area (Å²) < 4.78 is 39.9. The smallest absolute Gasteiger partial charge is 0.196 e. The Hall–Kier alpha value is -2.31. The van der Waals surface area contributed by atoms with Crippen molar-refractivity contribution in [1.29, 1.82) is 0 Å². The zero-order chi connectivity index (χ0) is 16.8. The fourth-order valence-electron chi connectivity index (χ4n) is 2.07. The van der Waals surface area contributed by atoms with Crippen molar-refractivity contribution < 1.29 is 13.2 Å². The third-order valence-corrected chi connectivity index (χ3v) is 3.22. The monoisotopic (exact) mass is 324 g/mol. The molecular formula is C16H19F3N4. The first-order valence-electron chi connectivity index (χ1n) is 7.51. The van der Waals surface area contributed by atoms with Gasteiger partial charge in [-0.2, -0.15) is 0 Å². The highest BCUT2D eigenvalue weighted by molar-refractivity contribution is 5.60. The molecule has 0 aliphatic carbocycles. The molecule has 2 aromatic rings. The summed E-state index contributed by atoms with van der Waals surface area (Å²) in [4.78, 5) is 8.36. The number of anilines is 3. The van der Waals surface area contributed by atoms with Gasteiger partial charge in [0, 0.05) is 12.6 Å². The number of unbranched alkanes of at least 4 members (excludes halogenated alkanes) is 2. The number of aromatic nitrogens is 2. The van der Waals surface area contributed by atoms with Crippen molar-refractivity contribution in [3.8, 4) is 0 Å². The SMILES string of the molecule is CCCCCNc1cc(Nc2ccc(F)c(F)c2F)nc(C)n1. The van der Waals surface area contributed by atoms with Gasteiger partial charge in [-0.25, -0.2) is 23.1 Å². The molecule has 0 saturated heterocycles. The lowest BCUT2D eigenvalue weighted by Crippen LogP contribution is -2.07. The number of benzene rings is 1. The molecule has 2 rings (SSSR count). The second kappa shape index (κ2) is 7.80. The molecule has 0 fully saturated rings. The van der Waals surface area contributed by atoms with Crippen LogP contribution in [-0.4, -0.2) is 16.5 Å².